The lowest BCUT2D eigenvalue weighted by atomic mass is 9.78. The number of halogens is 1. The van der Waals surface area contributed by atoms with E-state index < -0.39 is 15.4 Å². The number of rotatable bonds is 7. The number of pyridine rings is 1. The molecule has 2 unspecified atom stereocenters. The standard InChI is InChI=1S/C27H25ClN6O3S/c28-19-7-8-34-23(10-19)22(13-30-34)16-1-3-20(4-2-16)31-26(35)27(11-17-9-18(17)12-27)24-14-29-15-25(32-24)33-38(36,37)21-5-6-21/h1-4,7-8,10,13-15,17-18,21H,5-6,9,11-12H2,(H,31,35)(H,32,33). The SMILES string of the molecule is O=C(Nc1ccc(-c2cnn3ccc(Cl)cc23)cc1)C1(c2cncc(NS(=O)(=O)C3CC3)n2)CC2CC2C1. The summed E-state index contributed by atoms with van der Waals surface area (Å²) < 4.78 is 29.2. The summed E-state index contributed by atoms with van der Waals surface area (Å²) in [6, 6.07) is 11.3. The van der Waals surface area contributed by atoms with Gasteiger partial charge in [-0.05, 0) is 73.8 Å². The third-order valence-electron chi connectivity index (χ3n) is 8.00. The number of hydrogen-bond acceptors (Lipinski definition) is 6. The molecule has 9 nitrogen and oxygen atoms in total. The molecule has 0 saturated heterocycles. The minimum Gasteiger partial charge on any atom is -0.325 e. The fourth-order valence-electron chi connectivity index (χ4n) is 5.71. The lowest BCUT2D eigenvalue weighted by Crippen LogP contribution is -2.40. The Balaban J connectivity index is 1.15. The van der Waals surface area contributed by atoms with E-state index in [2.05, 4.69) is 25.1 Å². The molecule has 2 atom stereocenters. The van der Waals surface area contributed by atoms with Crippen LogP contribution in [0.4, 0.5) is 11.5 Å². The molecule has 3 fully saturated rings. The second kappa shape index (κ2) is 8.51. The number of aromatic nitrogens is 4. The summed E-state index contributed by atoms with van der Waals surface area (Å²) in [6.07, 6.45) is 10.4. The van der Waals surface area contributed by atoms with Gasteiger partial charge in [0.2, 0.25) is 15.9 Å². The van der Waals surface area contributed by atoms with E-state index in [1.54, 1.807) is 23.0 Å². The molecule has 3 aliphatic carbocycles. The number of sulfonamides is 1. The molecule has 1 amide bonds. The van der Waals surface area contributed by atoms with E-state index in [0.717, 1.165) is 23.1 Å². The van der Waals surface area contributed by atoms with Crippen molar-refractivity contribution < 1.29 is 13.2 Å². The first-order valence-electron chi connectivity index (χ1n) is 12.7. The van der Waals surface area contributed by atoms with Crippen molar-refractivity contribution in [2.24, 2.45) is 11.8 Å². The van der Waals surface area contributed by atoms with E-state index in [1.165, 1.54) is 6.20 Å². The maximum Gasteiger partial charge on any atom is 0.236 e. The summed E-state index contributed by atoms with van der Waals surface area (Å²) in [4.78, 5) is 22.6. The average Bonchev–Trinajstić information content (AvgIpc) is 3.82. The Kier molecular flexibility index (Phi) is 5.28. The summed E-state index contributed by atoms with van der Waals surface area (Å²) >= 11 is 6.18. The maximum atomic E-state index is 13.8. The summed E-state index contributed by atoms with van der Waals surface area (Å²) in [5, 5.41) is 7.74. The molecule has 3 aliphatic rings. The first kappa shape index (κ1) is 23.6. The molecule has 2 N–H and O–H groups in total. The third kappa shape index (κ3) is 4.12. The molecule has 11 heteroatoms. The van der Waals surface area contributed by atoms with Gasteiger partial charge in [-0.2, -0.15) is 5.10 Å². The molecule has 194 valence electrons. The first-order valence-corrected chi connectivity index (χ1v) is 14.6. The monoisotopic (exact) mass is 548 g/mol. The number of nitrogens with zero attached hydrogens (tertiary/aromatic N) is 4. The number of nitrogens with one attached hydrogen (secondary N) is 2. The lowest BCUT2D eigenvalue weighted by molar-refractivity contribution is -0.122. The fourth-order valence-corrected chi connectivity index (χ4v) is 7.19. The van der Waals surface area contributed by atoms with E-state index in [9.17, 15) is 13.2 Å². The Bertz CT molecular complexity index is 1670. The zero-order valence-electron chi connectivity index (χ0n) is 20.3. The minimum atomic E-state index is -3.48. The van der Waals surface area contributed by atoms with Crippen LogP contribution in [0.15, 0.2) is 61.2 Å². The van der Waals surface area contributed by atoms with Crippen molar-refractivity contribution in [3.63, 3.8) is 0 Å². The number of carbonyl (C=O) groups is 1. The predicted molar refractivity (Wildman–Crippen MR) is 144 cm³/mol. The van der Waals surface area contributed by atoms with Gasteiger partial charge in [-0.1, -0.05) is 23.7 Å². The van der Waals surface area contributed by atoms with Gasteiger partial charge in [0.1, 0.15) is 0 Å². The van der Waals surface area contributed by atoms with Gasteiger partial charge in [-0.25, -0.2) is 17.9 Å². The molecule has 0 spiro atoms. The van der Waals surface area contributed by atoms with E-state index in [1.807, 2.05) is 36.5 Å². The van der Waals surface area contributed by atoms with Crippen LogP contribution >= 0.6 is 11.6 Å². The van der Waals surface area contributed by atoms with Gasteiger partial charge in [-0.3, -0.25) is 14.5 Å². The molecule has 0 bridgehead atoms. The van der Waals surface area contributed by atoms with Crippen LogP contribution in [-0.4, -0.2) is 39.2 Å². The molecule has 3 saturated carbocycles. The molecule has 3 heterocycles. The number of anilines is 2. The summed E-state index contributed by atoms with van der Waals surface area (Å²) in [7, 11) is -3.48. The molecule has 4 aromatic rings. The number of carbonyl (C=O) groups excluding carboxylic acids is 1. The smallest absolute Gasteiger partial charge is 0.236 e. The highest BCUT2D eigenvalue weighted by molar-refractivity contribution is 7.93. The summed E-state index contributed by atoms with van der Waals surface area (Å²) in [6.45, 7) is 0. The second-order valence-electron chi connectivity index (χ2n) is 10.6. The Morgan fingerprint density at radius 1 is 1.05 bits per heavy atom. The van der Waals surface area contributed by atoms with Crippen LogP contribution in [-0.2, 0) is 20.2 Å². The van der Waals surface area contributed by atoms with E-state index in [0.29, 0.717) is 53.9 Å². The molecule has 0 aliphatic heterocycles. The number of hydrogen-bond donors (Lipinski definition) is 2. The zero-order valence-corrected chi connectivity index (χ0v) is 21.9. The Hall–Kier alpha value is -3.50. The fraction of sp³-hybridized carbons (Fsp3) is 0.333. The van der Waals surface area contributed by atoms with Crippen LogP contribution in [0.2, 0.25) is 5.02 Å². The molecule has 7 rings (SSSR count). The van der Waals surface area contributed by atoms with Crippen molar-refractivity contribution in [3.05, 3.63) is 71.9 Å². The second-order valence-corrected chi connectivity index (χ2v) is 13.0. The lowest BCUT2D eigenvalue weighted by Gasteiger charge is -2.29. The van der Waals surface area contributed by atoms with Gasteiger partial charge < -0.3 is 5.32 Å². The molecule has 0 radical (unpaired) electrons. The Labute approximate surface area is 224 Å². The van der Waals surface area contributed by atoms with Crippen molar-refractivity contribution in [3.8, 4) is 11.1 Å². The number of amides is 1. The highest BCUT2D eigenvalue weighted by Gasteiger charge is 2.59. The highest BCUT2D eigenvalue weighted by Crippen LogP contribution is 2.60. The topological polar surface area (TPSA) is 118 Å². The Morgan fingerprint density at radius 2 is 1.82 bits per heavy atom. The van der Waals surface area contributed by atoms with E-state index >= 15 is 0 Å². The highest BCUT2D eigenvalue weighted by atomic mass is 35.5. The van der Waals surface area contributed by atoms with Crippen LogP contribution in [0.1, 0.15) is 37.8 Å². The quantitative estimate of drug-likeness (QED) is 0.347. The van der Waals surface area contributed by atoms with Gasteiger partial charge >= 0.3 is 0 Å². The van der Waals surface area contributed by atoms with Crippen molar-refractivity contribution in [2.45, 2.75) is 42.8 Å². The Morgan fingerprint density at radius 3 is 2.55 bits per heavy atom. The van der Waals surface area contributed by atoms with Crippen molar-refractivity contribution in [1.29, 1.82) is 0 Å². The first-order chi connectivity index (χ1) is 18.3. The largest absolute Gasteiger partial charge is 0.325 e. The van der Waals surface area contributed by atoms with Crippen molar-refractivity contribution in [1.82, 2.24) is 19.6 Å². The van der Waals surface area contributed by atoms with Gasteiger partial charge in [0.15, 0.2) is 5.82 Å². The van der Waals surface area contributed by atoms with Gasteiger partial charge in [0.05, 0.1) is 34.3 Å². The van der Waals surface area contributed by atoms with Gasteiger partial charge in [-0.15, -0.1) is 0 Å². The summed E-state index contributed by atoms with van der Waals surface area (Å²) in [5.41, 5.74) is 3.13. The molecule has 38 heavy (non-hydrogen) atoms. The van der Waals surface area contributed by atoms with Crippen LogP contribution in [0, 0.1) is 11.8 Å². The van der Waals surface area contributed by atoms with Crippen LogP contribution in [0.3, 0.4) is 0 Å². The van der Waals surface area contributed by atoms with Crippen LogP contribution < -0.4 is 10.0 Å². The maximum absolute atomic E-state index is 13.8. The van der Waals surface area contributed by atoms with Gasteiger partial charge in [0.25, 0.3) is 0 Å². The predicted octanol–water partition coefficient (Wildman–Crippen LogP) is 4.66. The van der Waals surface area contributed by atoms with Crippen LogP contribution in [0.5, 0.6) is 0 Å². The summed E-state index contributed by atoms with van der Waals surface area (Å²) in [5.74, 6) is 0.995. The van der Waals surface area contributed by atoms with E-state index in [4.69, 9.17) is 11.6 Å². The molecule has 1 aromatic carbocycles. The van der Waals surface area contributed by atoms with E-state index in [-0.39, 0.29) is 17.0 Å². The van der Waals surface area contributed by atoms with Crippen molar-refractivity contribution >= 4 is 44.6 Å². The molecular weight excluding hydrogens is 524 g/mol. The van der Waals surface area contributed by atoms with Gasteiger partial charge in [0, 0.05) is 28.7 Å². The average molecular weight is 549 g/mol. The minimum absolute atomic E-state index is 0.142. The third-order valence-corrected chi connectivity index (χ3v) is 10.1. The normalized spacial score (nSPS) is 24.2. The molecular formula is C27H25ClN6O3S. The zero-order chi connectivity index (χ0) is 26.1. The number of fused-ring (bicyclic) bond motifs is 2. The van der Waals surface area contributed by atoms with Crippen LogP contribution in [0.25, 0.3) is 16.6 Å². The molecule has 3 aromatic heterocycles. The number of benzene rings is 1. The van der Waals surface area contributed by atoms with Crippen molar-refractivity contribution in [2.75, 3.05) is 10.0 Å².